The van der Waals surface area contributed by atoms with Gasteiger partial charge in [0.2, 0.25) is 23.8 Å². The quantitative estimate of drug-likeness (QED) is 0.178. The molecule has 1 heterocycles. The summed E-state index contributed by atoms with van der Waals surface area (Å²) in [7, 11) is 8.33. The minimum Gasteiger partial charge on any atom is -0.346 e. The number of rotatable bonds is 14. The molecule has 1 fully saturated rings. The van der Waals surface area contributed by atoms with Crippen molar-refractivity contribution in [2.75, 3.05) is 80.5 Å². The van der Waals surface area contributed by atoms with Crippen LogP contribution in [0.25, 0.3) is 0 Å². The van der Waals surface area contributed by atoms with Crippen molar-refractivity contribution in [3.8, 4) is 0 Å². The van der Waals surface area contributed by atoms with Gasteiger partial charge in [-0.05, 0) is 25.7 Å². The average molecular weight is 563 g/mol. The number of unbranched alkanes of at least 4 members (excludes halogenated alkanes) is 6. The van der Waals surface area contributed by atoms with Gasteiger partial charge in [0.05, 0.1) is 0 Å². The average Bonchev–Trinajstić information content (AvgIpc) is 2.94. The van der Waals surface area contributed by atoms with E-state index in [4.69, 9.17) is 20.8 Å². The van der Waals surface area contributed by atoms with Crippen LogP contribution >= 0.6 is 0 Å². The summed E-state index contributed by atoms with van der Waals surface area (Å²) in [6.07, 6.45) is 11.8. The van der Waals surface area contributed by atoms with Crippen LogP contribution in [-0.4, -0.2) is 134 Å². The third kappa shape index (κ3) is 12.8. The van der Waals surface area contributed by atoms with Crippen LogP contribution in [0.5, 0.6) is 0 Å². The van der Waals surface area contributed by atoms with E-state index in [1.807, 2.05) is 9.80 Å². The number of nitrogens with zero attached hydrogens (tertiary/aromatic N) is 8. The zero-order valence-electron chi connectivity index (χ0n) is 27.3. The Morgan fingerprint density at radius 2 is 0.825 bits per heavy atom. The molecule has 232 valence electrons. The Hall–Kier alpha value is -2.52. The second-order valence-corrected chi connectivity index (χ2v) is 11.3. The Balaban J connectivity index is 2.85. The molecule has 40 heavy (non-hydrogen) atoms. The highest BCUT2D eigenvalue weighted by molar-refractivity contribution is 5.94. The molecule has 0 unspecified atom stereocenters. The smallest absolute Gasteiger partial charge is 0.221 e. The molecule has 0 radical (unpaired) electrons. The fourth-order valence-corrected chi connectivity index (χ4v) is 5.01. The highest BCUT2D eigenvalue weighted by Crippen LogP contribution is 2.09. The lowest BCUT2D eigenvalue weighted by Crippen LogP contribution is -2.51. The predicted octanol–water partition coefficient (Wildman–Crippen LogP) is 4.89. The van der Waals surface area contributed by atoms with Crippen LogP contribution in [0.3, 0.4) is 0 Å². The van der Waals surface area contributed by atoms with Gasteiger partial charge in [-0.15, -0.1) is 0 Å². The predicted molar refractivity (Wildman–Crippen MR) is 173 cm³/mol. The van der Waals surface area contributed by atoms with Gasteiger partial charge in [-0.1, -0.05) is 66.2 Å². The molecule has 0 aromatic heterocycles. The maximum Gasteiger partial charge on any atom is 0.221 e. The van der Waals surface area contributed by atoms with Crippen molar-refractivity contribution in [1.82, 2.24) is 29.4 Å². The summed E-state index contributed by atoms with van der Waals surface area (Å²) in [6.45, 7) is 15.2. The molecule has 0 aromatic rings. The molecule has 0 bridgehead atoms. The van der Waals surface area contributed by atoms with Gasteiger partial charge in [-0.3, -0.25) is 10.8 Å². The molecule has 0 aromatic carbocycles. The summed E-state index contributed by atoms with van der Waals surface area (Å²) >= 11 is 0. The van der Waals surface area contributed by atoms with Crippen molar-refractivity contribution in [2.24, 2.45) is 9.98 Å². The van der Waals surface area contributed by atoms with Crippen LogP contribution in [-0.2, 0) is 0 Å². The summed E-state index contributed by atoms with van der Waals surface area (Å²) in [6, 6.07) is 0. The Morgan fingerprint density at radius 1 is 0.500 bits per heavy atom. The molecule has 2 N–H and O–H groups in total. The lowest BCUT2D eigenvalue weighted by molar-refractivity contribution is 0.252. The van der Waals surface area contributed by atoms with Crippen molar-refractivity contribution >= 4 is 23.8 Å². The molecule has 1 aliphatic rings. The molecular formula is C30H62N10. The first-order chi connectivity index (χ1) is 19.2. The van der Waals surface area contributed by atoms with Crippen LogP contribution in [0.2, 0.25) is 0 Å². The SMILES string of the molecule is CCCCCCN(C)C(=NC(=N)N1CCN(C(=N)N=C(N(C)CCC)N(C)CCCCCC)CC1)N(C)CCC. The van der Waals surface area contributed by atoms with Gasteiger partial charge in [0.1, 0.15) is 0 Å². The molecule has 1 saturated heterocycles. The third-order valence-corrected chi connectivity index (χ3v) is 7.47. The van der Waals surface area contributed by atoms with Gasteiger partial charge in [-0.25, -0.2) is 0 Å². The Bertz CT molecular complexity index is 708. The first-order valence-electron chi connectivity index (χ1n) is 15.9. The lowest BCUT2D eigenvalue weighted by atomic mass is 10.2. The summed E-state index contributed by atoms with van der Waals surface area (Å²) in [5, 5.41) is 17.6. The van der Waals surface area contributed by atoms with Gasteiger partial charge < -0.3 is 29.4 Å². The molecule has 0 amide bonds. The number of hydrogen-bond acceptors (Lipinski definition) is 2. The van der Waals surface area contributed by atoms with Crippen molar-refractivity contribution in [1.29, 1.82) is 10.8 Å². The van der Waals surface area contributed by atoms with E-state index in [0.717, 1.165) is 63.8 Å². The van der Waals surface area contributed by atoms with E-state index >= 15 is 0 Å². The summed E-state index contributed by atoms with van der Waals surface area (Å²) in [5.74, 6) is 2.36. The molecule has 0 atom stereocenters. The second-order valence-electron chi connectivity index (χ2n) is 11.3. The van der Waals surface area contributed by atoms with Gasteiger partial charge >= 0.3 is 0 Å². The van der Waals surface area contributed by atoms with Crippen molar-refractivity contribution in [2.45, 2.75) is 91.9 Å². The Labute approximate surface area is 246 Å². The van der Waals surface area contributed by atoms with Gasteiger partial charge in [-0.2, -0.15) is 9.98 Å². The minimum atomic E-state index is 0.309. The minimum absolute atomic E-state index is 0.309. The van der Waals surface area contributed by atoms with Crippen molar-refractivity contribution in [3.05, 3.63) is 0 Å². The van der Waals surface area contributed by atoms with E-state index in [2.05, 4.69) is 75.5 Å². The zero-order chi connectivity index (χ0) is 29.9. The molecule has 0 aliphatic carbocycles. The number of hydrogen-bond donors (Lipinski definition) is 2. The van der Waals surface area contributed by atoms with E-state index in [0.29, 0.717) is 38.1 Å². The highest BCUT2D eigenvalue weighted by Gasteiger charge is 2.23. The van der Waals surface area contributed by atoms with E-state index < -0.39 is 0 Å². The van der Waals surface area contributed by atoms with Crippen LogP contribution in [0.4, 0.5) is 0 Å². The fourth-order valence-electron chi connectivity index (χ4n) is 5.01. The summed E-state index contributed by atoms with van der Waals surface area (Å²) in [4.78, 5) is 22.4. The monoisotopic (exact) mass is 563 g/mol. The Morgan fingerprint density at radius 3 is 1.12 bits per heavy atom. The van der Waals surface area contributed by atoms with Gasteiger partial charge in [0, 0.05) is 80.5 Å². The second kappa shape index (κ2) is 20.4. The summed E-state index contributed by atoms with van der Waals surface area (Å²) < 4.78 is 0. The zero-order valence-corrected chi connectivity index (χ0v) is 27.3. The van der Waals surface area contributed by atoms with Crippen molar-refractivity contribution in [3.63, 3.8) is 0 Å². The maximum atomic E-state index is 8.79. The van der Waals surface area contributed by atoms with Gasteiger partial charge in [0.25, 0.3) is 0 Å². The molecule has 10 nitrogen and oxygen atoms in total. The molecule has 0 spiro atoms. The van der Waals surface area contributed by atoms with Crippen LogP contribution in [0.1, 0.15) is 91.9 Å². The maximum absolute atomic E-state index is 8.79. The van der Waals surface area contributed by atoms with Crippen LogP contribution in [0.15, 0.2) is 9.98 Å². The first-order valence-corrected chi connectivity index (χ1v) is 15.9. The molecule has 0 saturated carbocycles. The number of guanidine groups is 4. The molecular weight excluding hydrogens is 500 g/mol. The fraction of sp³-hybridized carbons (Fsp3) is 0.867. The Kier molecular flexibility index (Phi) is 18.1. The topological polar surface area (TPSA) is 91.9 Å². The standard InChI is InChI=1S/C30H62N10/c1-9-13-15-17-21-37(7)29(35(5)19-11-3)33-27(31)39-23-25-40(26-24-39)28(32)34-30(36(6)20-12-4)38(8)22-18-16-14-10-2/h31-32H,9-26H2,1-8H3. The van der Waals surface area contributed by atoms with Gasteiger partial charge in [0.15, 0.2) is 0 Å². The molecule has 10 heteroatoms. The van der Waals surface area contributed by atoms with E-state index in [1.165, 1.54) is 38.5 Å². The van der Waals surface area contributed by atoms with E-state index in [-0.39, 0.29) is 0 Å². The third-order valence-electron chi connectivity index (χ3n) is 7.47. The normalized spacial score (nSPS) is 14.4. The lowest BCUT2D eigenvalue weighted by Gasteiger charge is -2.36. The number of piperazine rings is 1. The number of aliphatic imine (C=N–C) groups is 2. The van der Waals surface area contributed by atoms with Crippen LogP contribution < -0.4 is 0 Å². The largest absolute Gasteiger partial charge is 0.346 e. The van der Waals surface area contributed by atoms with E-state index in [9.17, 15) is 0 Å². The van der Waals surface area contributed by atoms with Crippen molar-refractivity contribution < 1.29 is 0 Å². The van der Waals surface area contributed by atoms with Crippen LogP contribution in [0, 0.1) is 10.8 Å². The first kappa shape index (κ1) is 35.5. The highest BCUT2D eigenvalue weighted by atomic mass is 15.4. The number of nitrogens with one attached hydrogen (secondary N) is 2. The van der Waals surface area contributed by atoms with E-state index in [1.54, 1.807) is 0 Å². The molecule has 1 aliphatic heterocycles. The summed E-state index contributed by atoms with van der Waals surface area (Å²) in [5.41, 5.74) is 0. The molecule has 1 rings (SSSR count).